The van der Waals surface area contributed by atoms with E-state index in [1.807, 2.05) is 12.1 Å². The molecule has 2 nitrogen and oxygen atoms in total. The number of hydrogen-bond acceptors (Lipinski definition) is 2. The van der Waals surface area contributed by atoms with E-state index in [9.17, 15) is 0 Å². The summed E-state index contributed by atoms with van der Waals surface area (Å²) in [6.45, 7) is 11.3. The van der Waals surface area contributed by atoms with Crippen LogP contribution in [0, 0.1) is 0 Å². The number of rotatable bonds is 8. The Bertz CT molecular complexity index is 370. The van der Waals surface area contributed by atoms with Crippen molar-refractivity contribution < 1.29 is 4.74 Å². The van der Waals surface area contributed by atoms with Crippen molar-refractivity contribution in [2.45, 2.75) is 52.0 Å². The molecule has 0 heterocycles. The molecule has 114 valence electrons. The lowest BCUT2D eigenvalue weighted by molar-refractivity contribution is 0.126. The first-order chi connectivity index (χ1) is 9.42. The normalized spacial score (nSPS) is 13.4. The summed E-state index contributed by atoms with van der Waals surface area (Å²) in [6.07, 6.45) is 2.11. The van der Waals surface area contributed by atoms with Gasteiger partial charge in [0.15, 0.2) is 0 Å². The van der Waals surface area contributed by atoms with Crippen molar-refractivity contribution >= 4 is 11.6 Å². The minimum atomic E-state index is 0.134. The SMILES string of the molecule is CCCOCCC(CNC(C)(C)C)c1ccc(Cl)cc1. The number of nitrogens with one attached hydrogen (secondary N) is 1. The van der Waals surface area contributed by atoms with Gasteiger partial charge in [0.25, 0.3) is 0 Å². The predicted octanol–water partition coefficient (Wildman–Crippen LogP) is 4.63. The molecule has 0 saturated heterocycles. The standard InChI is InChI=1S/C17H28ClNO/c1-5-11-20-12-10-15(13-19-17(2,3)4)14-6-8-16(18)9-7-14/h6-9,15,19H,5,10-13H2,1-4H3. The first kappa shape index (κ1) is 17.5. The fourth-order valence-corrected chi connectivity index (χ4v) is 2.15. The van der Waals surface area contributed by atoms with E-state index in [0.29, 0.717) is 5.92 Å². The largest absolute Gasteiger partial charge is 0.381 e. The van der Waals surface area contributed by atoms with Gasteiger partial charge in [-0.05, 0) is 57.2 Å². The van der Waals surface area contributed by atoms with Crippen LogP contribution >= 0.6 is 11.6 Å². The Hall–Kier alpha value is -0.570. The van der Waals surface area contributed by atoms with E-state index in [2.05, 4.69) is 45.1 Å². The van der Waals surface area contributed by atoms with Gasteiger partial charge in [-0.3, -0.25) is 0 Å². The van der Waals surface area contributed by atoms with Crippen LogP contribution in [0.15, 0.2) is 24.3 Å². The molecule has 1 aromatic rings. The van der Waals surface area contributed by atoms with Crippen LogP contribution in [0.5, 0.6) is 0 Å². The minimum absolute atomic E-state index is 0.134. The Morgan fingerprint density at radius 2 is 1.80 bits per heavy atom. The zero-order valence-corrected chi connectivity index (χ0v) is 14.0. The number of ether oxygens (including phenoxy) is 1. The molecular formula is C17H28ClNO. The van der Waals surface area contributed by atoms with Gasteiger partial charge in [0.2, 0.25) is 0 Å². The Morgan fingerprint density at radius 1 is 1.15 bits per heavy atom. The molecule has 1 aromatic carbocycles. The average molecular weight is 298 g/mol. The quantitative estimate of drug-likeness (QED) is 0.707. The first-order valence-corrected chi connectivity index (χ1v) is 7.88. The smallest absolute Gasteiger partial charge is 0.0472 e. The third kappa shape index (κ3) is 7.28. The monoisotopic (exact) mass is 297 g/mol. The van der Waals surface area contributed by atoms with E-state index in [1.165, 1.54) is 5.56 Å². The lowest BCUT2D eigenvalue weighted by Gasteiger charge is -2.25. The van der Waals surface area contributed by atoms with Crippen LogP contribution in [-0.2, 0) is 4.74 Å². The zero-order valence-electron chi connectivity index (χ0n) is 13.2. The third-order valence-corrected chi connectivity index (χ3v) is 3.43. The molecule has 0 aromatic heterocycles. The minimum Gasteiger partial charge on any atom is -0.381 e. The molecule has 0 spiro atoms. The molecule has 0 radical (unpaired) electrons. The summed E-state index contributed by atoms with van der Waals surface area (Å²) >= 11 is 5.97. The van der Waals surface area contributed by atoms with Crippen molar-refractivity contribution in [1.29, 1.82) is 0 Å². The van der Waals surface area contributed by atoms with Gasteiger partial charge in [-0.25, -0.2) is 0 Å². The van der Waals surface area contributed by atoms with E-state index in [1.54, 1.807) is 0 Å². The Labute approximate surface area is 128 Å². The van der Waals surface area contributed by atoms with Crippen LogP contribution in [0.25, 0.3) is 0 Å². The Balaban J connectivity index is 2.60. The Kier molecular flexibility index (Phi) is 7.57. The summed E-state index contributed by atoms with van der Waals surface area (Å²) in [5.41, 5.74) is 1.46. The maximum atomic E-state index is 5.97. The molecule has 0 aliphatic rings. The summed E-state index contributed by atoms with van der Waals surface area (Å²) in [6, 6.07) is 8.18. The predicted molar refractivity (Wildman–Crippen MR) is 87.7 cm³/mol. The molecule has 0 amide bonds. The van der Waals surface area contributed by atoms with Gasteiger partial charge in [-0.1, -0.05) is 30.7 Å². The van der Waals surface area contributed by atoms with Gasteiger partial charge >= 0.3 is 0 Å². The van der Waals surface area contributed by atoms with Crippen LogP contribution in [0.2, 0.25) is 5.02 Å². The van der Waals surface area contributed by atoms with E-state index in [-0.39, 0.29) is 5.54 Å². The van der Waals surface area contributed by atoms with Gasteiger partial charge in [0.05, 0.1) is 0 Å². The van der Waals surface area contributed by atoms with Gasteiger partial charge in [0, 0.05) is 30.3 Å². The van der Waals surface area contributed by atoms with Gasteiger partial charge in [0.1, 0.15) is 0 Å². The molecule has 0 bridgehead atoms. The van der Waals surface area contributed by atoms with Crippen molar-refractivity contribution in [3.8, 4) is 0 Å². The Morgan fingerprint density at radius 3 is 2.35 bits per heavy atom. The van der Waals surface area contributed by atoms with Crippen LogP contribution < -0.4 is 5.32 Å². The highest BCUT2D eigenvalue weighted by Gasteiger charge is 2.16. The highest BCUT2D eigenvalue weighted by atomic mass is 35.5. The molecule has 3 heteroatoms. The van der Waals surface area contributed by atoms with Crippen molar-refractivity contribution in [2.75, 3.05) is 19.8 Å². The van der Waals surface area contributed by atoms with Crippen molar-refractivity contribution in [3.63, 3.8) is 0 Å². The van der Waals surface area contributed by atoms with E-state index in [4.69, 9.17) is 16.3 Å². The van der Waals surface area contributed by atoms with Gasteiger partial charge in [-0.2, -0.15) is 0 Å². The molecule has 0 fully saturated rings. The second kappa shape index (κ2) is 8.66. The van der Waals surface area contributed by atoms with Crippen LogP contribution in [0.1, 0.15) is 52.0 Å². The molecular weight excluding hydrogens is 270 g/mol. The molecule has 1 rings (SSSR count). The van der Waals surface area contributed by atoms with E-state index >= 15 is 0 Å². The van der Waals surface area contributed by atoms with Crippen LogP contribution in [0.4, 0.5) is 0 Å². The van der Waals surface area contributed by atoms with Gasteiger partial charge < -0.3 is 10.1 Å². The second-order valence-electron chi connectivity index (χ2n) is 6.28. The van der Waals surface area contributed by atoms with Crippen LogP contribution in [-0.4, -0.2) is 25.3 Å². The topological polar surface area (TPSA) is 21.3 Å². The number of halogens is 1. The lowest BCUT2D eigenvalue weighted by atomic mass is 9.95. The summed E-state index contributed by atoms with van der Waals surface area (Å²) < 4.78 is 5.64. The molecule has 0 aliphatic heterocycles. The van der Waals surface area contributed by atoms with Crippen LogP contribution in [0.3, 0.4) is 0 Å². The van der Waals surface area contributed by atoms with Gasteiger partial charge in [-0.15, -0.1) is 0 Å². The van der Waals surface area contributed by atoms with Crippen molar-refractivity contribution in [3.05, 3.63) is 34.9 Å². The fraction of sp³-hybridized carbons (Fsp3) is 0.647. The molecule has 1 unspecified atom stereocenters. The molecule has 20 heavy (non-hydrogen) atoms. The fourth-order valence-electron chi connectivity index (χ4n) is 2.02. The third-order valence-electron chi connectivity index (χ3n) is 3.18. The highest BCUT2D eigenvalue weighted by molar-refractivity contribution is 6.30. The molecule has 0 aliphatic carbocycles. The summed E-state index contributed by atoms with van der Waals surface area (Å²) in [4.78, 5) is 0. The average Bonchev–Trinajstić information content (AvgIpc) is 2.38. The zero-order chi connectivity index (χ0) is 15.0. The number of benzene rings is 1. The maximum Gasteiger partial charge on any atom is 0.0472 e. The summed E-state index contributed by atoms with van der Waals surface area (Å²) in [5, 5.41) is 4.38. The van der Waals surface area contributed by atoms with Crippen molar-refractivity contribution in [2.24, 2.45) is 0 Å². The summed E-state index contributed by atoms with van der Waals surface area (Å²) in [5.74, 6) is 0.461. The van der Waals surface area contributed by atoms with Crippen molar-refractivity contribution in [1.82, 2.24) is 5.32 Å². The van der Waals surface area contributed by atoms with E-state index in [0.717, 1.165) is 37.6 Å². The highest BCUT2D eigenvalue weighted by Crippen LogP contribution is 2.22. The summed E-state index contributed by atoms with van der Waals surface area (Å²) in [7, 11) is 0. The maximum absolute atomic E-state index is 5.97. The first-order valence-electron chi connectivity index (χ1n) is 7.50. The van der Waals surface area contributed by atoms with E-state index < -0.39 is 0 Å². The molecule has 0 saturated carbocycles. The lowest BCUT2D eigenvalue weighted by Crippen LogP contribution is -2.38. The molecule has 1 N–H and O–H groups in total. The number of hydrogen-bond donors (Lipinski definition) is 1. The molecule has 1 atom stereocenters. The second-order valence-corrected chi connectivity index (χ2v) is 6.72.